The number of hydrogen-bond donors (Lipinski definition) is 6. The normalized spacial score (nSPS) is 17.7. The van der Waals surface area contributed by atoms with Gasteiger partial charge in [-0.3, -0.25) is 4.79 Å². The number of rotatable bonds is 75. The maximum Gasteiger partial charge on any atom is 0.220 e. The van der Waals surface area contributed by atoms with Gasteiger partial charge >= 0.3 is 0 Å². The number of aliphatic hydroxyl groups excluding tert-OH is 5. The lowest BCUT2D eigenvalue weighted by Crippen LogP contribution is -2.60. The van der Waals surface area contributed by atoms with Crippen molar-refractivity contribution in [2.24, 2.45) is 0 Å². The van der Waals surface area contributed by atoms with E-state index in [4.69, 9.17) is 9.47 Å². The number of aliphatic hydroxyl groups is 5. The van der Waals surface area contributed by atoms with Crippen LogP contribution in [0.15, 0.2) is 36.5 Å². The molecule has 1 heterocycles. The molecule has 1 amide bonds. The predicted molar refractivity (Wildman–Crippen MR) is 401 cm³/mol. The van der Waals surface area contributed by atoms with Crippen molar-refractivity contribution in [3.05, 3.63) is 36.5 Å². The van der Waals surface area contributed by atoms with Gasteiger partial charge in [0.25, 0.3) is 0 Å². The van der Waals surface area contributed by atoms with Gasteiger partial charge in [0, 0.05) is 6.42 Å². The third-order valence-corrected chi connectivity index (χ3v) is 20.2. The molecule has 0 aromatic carbocycles. The van der Waals surface area contributed by atoms with Crippen molar-refractivity contribution >= 4 is 5.91 Å². The molecule has 1 aliphatic rings. The van der Waals surface area contributed by atoms with Crippen molar-refractivity contribution in [1.82, 2.24) is 5.32 Å². The fourth-order valence-corrected chi connectivity index (χ4v) is 13.7. The van der Waals surface area contributed by atoms with Crippen LogP contribution in [0.1, 0.15) is 438 Å². The van der Waals surface area contributed by atoms with E-state index in [-0.39, 0.29) is 12.5 Å². The van der Waals surface area contributed by atoms with E-state index in [1.165, 1.54) is 372 Å². The molecule has 1 fully saturated rings. The first-order valence-corrected chi connectivity index (χ1v) is 41.7. The Morgan fingerprint density at radius 1 is 0.366 bits per heavy atom. The minimum atomic E-state index is -1.57. The van der Waals surface area contributed by atoms with Crippen molar-refractivity contribution < 1.29 is 39.8 Å². The Morgan fingerprint density at radius 2 is 0.634 bits per heavy atom. The minimum absolute atomic E-state index is 0.166. The summed E-state index contributed by atoms with van der Waals surface area (Å²) in [5.74, 6) is -0.166. The van der Waals surface area contributed by atoms with Crippen molar-refractivity contribution in [3.63, 3.8) is 0 Å². The summed E-state index contributed by atoms with van der Waals surface area (Å²) in [5, 5.41) is 55.0. The van der Waals surface area contributed by atoms with Gasteiger partial charge in [-0.05, 0) is 51.4 Å². The summed E-state index contributed by atoms with van der Waals surface area (Å²) in [6.45, 7) is 3.84. The molecule has 93 heavy (non-hydrogen) atoms. The number of allylic oxidation sites excluding steroid dienone is 5. The number of unbranched alkanes of at least 4 members (excludes halogenated alkanes) is 61. The van der Waals surface area contributed by atoms with Crippen LogP contribution in [0.5, 0.6) is 0 Å². The van der Waals surface area contributed by atoms with Gasteiger partial charge < -0.3 is 40.3 Å². The van der Waals surface area contributed by atoms with E-state index in [2.05, 4.69) is 43.5 Å². The molecule has 0 bridgehead atoms. The summed E-state index contributed by atoms with van der Waals surface area (Å²) < 4.78 is 11.4. The van der Waals surface area contributed by atoms with Crippen LogP contribution in [-0.2, 0) is 14.3 Å². The van der Waals surface area contributed by atoms with E-state index in [1.54, 1.807) is 6.08 Å². The lowest BCUT2D eigenvalue weighted by molar-refractivity contribution is -0.302. The molecule has 550 valence electrons. The standard InChI is InChI=1S/C84H161NO8/c1-3-5-7-9-11-13-15-17-19-21-23-25-27-29-31-33-35-36-37-38-39-40-41-42-44-46-48-50-52-54-56-58-60-62-64-66-68-70-72-74-80(88)85-77(76-92-84-83(91)82(90)81(89)79(75-86)93-84)78(87)73-71-69-67-65-63-61-59-57-55-53-51-49-47-45-43-34-32-30-28-26-24-22-20-18-16-14-12-10-8-6-4-2/h15,17,21,23,71,73,77-79,81-84,86-87,89-91H,3-14,16,18-20,22,24-70,72,74-76H2,1-2H3,(H,85,88)/b17-15-,23-21-,73-71+. The van der Waals surface area contributed by atoms with Crippen molar-refractivity contribution in [2.75, 3.05) is 13.2 Å². The first-order valence-electron chi connectivity index (χ1n) is 41.7. The fraction of sp³-hybridized carbons (Fsp3) is 0.917. The zero-order chi connectivity index (χ0) is 67.1. The second-order valence-corrected chi connectivity index (χ2v) is 29.3. The third-order valence-electron chi connectivity index (χ3n) is 20.2. The molecule has 6 N–H and O–H groups in total. The summed E-state index contributed by atoms with van der Waals surface area (Å²) in [5.41, 5.74) is 0. The second kappa shape index (κ2) is 73.1. The summed E-state index contributed by atoms with van der Waals surface area (Å²) in [6.07, 6.45) is 93.1. The highest BCUT2D eigenvalue weighted by Gasteiger charge is 2.44. The summed E-state index contributed by atoms with van der Waals surface area (Å²) in [7, 11) is 0. The Kier molecular flexibility index (Phi) is 70.3. The van der Waals surface area contributed by atoms with Gasteiger partial charge in [-0.1, -0.05) is 416 Å². The molecule has 0 spiro atoms. The Labute approximate surface area is 578 Å². The predicted octanol–water partition coefficient (Wildman–Crippen LogP) is 24.1. The largest absolute Gasteiger partial charge is 0.394 e. The molecule has 1 aliphatic heterocycles. The maximum absolute atomic E-state index is 13.2. The van der Waals surface area contributed by atoms with Crippen molar-refractivity contribution in [3.8, 4) is 0 Å². The SMILES string of the molecule is CCCCCCC/C=C\C/C=C\CCCCCCCCCCCCCCCCCCCCCCCCCCCCCC(=O)NC(COC1OC(CO)C(O)C(O)C1O)C(O)/C=C/CCCCCCCCCCCCCCCCCCCCCCCCCCCCCCC. The van der Waals surface area contributed by atoms with Gasteiger partial charge in [-0.2, -0.15) is 0 Å². The van der Waals surface area contributed by atoms with E-state index in [9.17, 15) is 30.3 Å². The van der Waals surface area contributed by atoms with Crippen LogP contribution in [-0.4, -0.2) is 87.5 Å². The second-order valence-electron chi connectivity index (χ2n) is 29.3. The smallest absolute Gasteiger partial charge is 0.220 e. The Hall–Kier alpha value is -1.59. The number of carbonyl (C=O) groups is 1. The average Bonchev–Trinajstić information content (AvgIpc) is 1.02. The molecule has 1 saturated heterocycles. The van der Waals surface area contributed by atoms with Crippen LogP contribution in [0.4, 0.5) is 0 Å². The quantitative estimate of drug-likeness (QED) is 0.0261. The topological polar surface area (TPSA) is 149 Å². The minimum Gasteiger partial charge on any atom is -0.394 e. The third kappa shape index (κ3) is 61.3. The summed E-state index contributed by atoms with van der Waals surface area (Å²) in [6, 6.07) is -0.805. The maximum atomic E-state index is 13.2. The van der Waals surface area contributed by atoms with Crippen molar-refractivity contribution in [2.45, 2.75) is 480 Å². The molecule has 7 atom stereocenters. The average molecular weight is 1310 g/mol. The van der Waals surface area contributed by atoms with Crippen LogP contribution in [0, 0.1) is 0 Å². The molecule has 0 aliphatic carbocycles. The van der Waals surface area contributed by atoms with E-state index in [0.29, 0.717) is 6.42 Å². The number of ether oxygens (including phenoxy) is 2. The highest BCUT2D eigenvalue weighted by atomic mass is 16.7. The molecule has 9 nitrogen and oxygen atoms in total. The van der Waals surface area contributed by atoms with Gasteiger partial charge in [0.1, 0.15) is 24.4 Å². The van der Waals surface area contributed by atoms with E-state index in [0.717, 1.165) is 44.9 Å². The number of amides is 1. The fourth-order valence-electron chi connectivity index (χ4n) is 13.7. The van der Waals surface area contributed by atoms with E-state index < -0.39 is 49.5 Å². The molecule has 0 aromatic heterocycles. The molecule has 7 unspecified atom stereocenters. The Morgan fingerprint density at radius 3 is 0.925 bits per heavy atom. The van der Waals surface area contributed by atoms with Crippen LogP contribution in [0.3, 0.4) is 0 Å². The lowest BCUT2D eigenvalue weighted by Gasteiger charge is -2.40. The van der Waals surface area contributed by atoms with E-state index >= 15 is 0 Å². The number of carbonyl (C=O) groups excluding carboxylic acids is 1. The molecule has 0 radical (unpaired) electrons. The lowest BCUT2D eigenvalue weighted by atomic mass is 9.99. The monoisotopic (exact) mass is 1310 g/mol. The molecular formula is C84H161NO8. The molecular weight excluding hydrogens is 1150 g/mol. The van der Waals surface area contributed by atoms with Gasteiger partial charge in [0.15, 0.2) is 6.29 Å². The zero-order valence-corrected chi connectivity index (χ0v) is 62.0. The summed E-state index contributed by atoms with van der Waals surface area (Å²) in [4.78, 5) is 13.2. The van der Waals surface area contributed by atoms with Gasteiger partial charge in [-0.15, -0.1) is 0 Å². The Bertz CT molecular complexity index is 1570. The molecule has 0 aromatic rings. The van der Waals surface area contributed by atoms with Crippen LogP contribution >= 0.6 is 0 Å². The number of hydrogen-bond acceptors (Lipinski definition) is 8. The van der Waals surface area contributed by atoms with Crippen LogP contribution in [0.2, 0.25) is 0 Å². The van der Waals surface area contributed by atoms with E-state index in [1.807, 2.05) is 6.08 Å². The molecule has 9 heteroatoms. The molecule has 0 saturated carbocycles. The first-order chi connectivity index (χ1) is 45.8. The highest BCUT2D eigenvalue weighted by Crippen LogP contribution is 2.24. The summed E-state index contributed by atoms with van der Waals surface area (Å²) >= 11 is 0. The zero-order valence-electron chi connectivity index (χ0n) is 62.0. The van der Waals surface area contributed by atoms with Crippen LogP contribution in [0.25, 0.3) is 0 Å². The van der Waals surface area contributed by atoms with Gasteiger partial charge in [-0.25, -0.2) is 0 Å². The van der Waals surface area contributed by atoms with Crippen LogP contribution < -0.4 is 5.32 Å². The van der Waals surface area contributed by atoms with Gasteiger partial charge in [0.05, 0.1) is 25.4 Å². The van der Waals surface area contributed by atoms with Crippen molar-refractivity contribution in [1.29, 1.82) is 0 Å². The van der Waals surface area contributed by atoms with Gasteiger partial charge in [0.2, 0.25) is 5.91 Å². The molecule has 1 rings (SSSR count). The number of nitrogens with one attached hydrogen (secondary N) is 1. The Balaban J connectivity index is 2.04. The first kappa shape index (κ1) is 89.4. The highest BCUT2D eigenvalue weighted by molar-refractivity contribution is 5.76.